The van der Waals surface area contributed by atoms with Crippen LogP contribution in [-0.4, -0.2) is 11.8 Å². The minimum Gasteiger partial charge on any atom is -0.325 e. The second-order valence-corrected chi connectivity index (χ2v) is 5.54. The van der Waals surface area contributed by atoms with E-state index >= 15 is 0 Å². The van der Waals surface area contributed by atoms with Gasteiger partial charge < -0.3 is 10.6 Å². The SMILES string of the molecule is CC(=O)Nc1ccc(F)cc1NC(=O)Cc1ccccc1Br. The van der Waals surface area contributed by atoms with E-state index in [-0.39, 0.29) is 23.9 Å². The molecular weight excluding hydrogens is 351 g/mol. The van der Waals surface area contributed by atoms with Gasteiger partial charge in [-0.2, -0.15) is 0 Å². The highest BCUT2D eigenvalue weighted by Gasteiger charge is 2.11. The lowest BCUT2D eigenvalue weighted by Crippen LogP contribution is -2.17. The Bertz CT molecular complexity index is 719. The molecule has 114 valence electrons. The van der Waals surface area contributed by atoms with E-state index in [0.717, 1.165) is 10.0 Å². The molecule has 0 unspecified atom stereocenters. The molecule has 0 heterocycles. The monoisotopic (exact) mass is 364 g/mol. The van der Waals surface area contributed by atoms with Gasteiger partial charge in [0.25, 0.3) is 0 Å². The van der Waals surface area contributed by atoms with Crippen LogP contribution in [0.2, 0.25) is 0 Å². The number of hydrogen-bond acceptors (Lipinski definition) is 2. The number of amides is 2. The fraction of sp³-hybridized carbons (Fsp3) is 0.125. The molecule has 0 bridgehead atoms. The van der Waals surface area contributed by atoms with Gasteiger partial charge in [0.2, 0.25) is 11.8 Å². The van der Waals surface area contributed by atoms with Crippen molar-refractivity contribution in [2.45, 2.75) is 13.3 Å². The summed E-state index contributed by atoms with van der Waals surface area (Å²) in [6, 6.07) is 11.1. The molecule has 0 fully saturated rings. The first-order chi connectivity index (χ1) is 10.5. The number of hydrogen-bond donors (Lipinski definition) is 2. The number of benzene rings is 2. The second-order valence-electron chi connectivity index (χ2n) is 4.69. The maximum atomic E-state index is 13.4. The van der Waals surface area contributed by atoms with E-state index in [2.05, 4.69) is 26.6 Å². The van der Waals surface area contributed by atoms with Crippen LogP contribution in [0.1, 0.15) is 12.5 Å². The van der Waals surface area contributed by atoms with Crippen molar-refractivity contribution in [1.82, 2.24) is 0 Å². The van der Waals surface area contributed by atoms with E-state index in [1.807, 2.05) is 24.3 Å². The predicted octanol–water partition coefficient (Wildman–Crippen LogP) is 3.73. The standard InChI is InChI=1S/C16H14BrFN2O2/c1-10(21)19-14-7-6-12(18)9-15(14)20-16(22)8-11-4-2-3-5-13(11)17/h2-7,9H,8H2,1H3,(H,19,21)(H,20,22). The lowest BCUT2D eigenvalue weighted by Gasteiger charge is -2.12. The van der Waals surface area contributed by atoms with Crippen molar-refractivity contribution in [2.75, 3.05) is 10.6 Å². The van der Waals surface area contributed by atoms with Crippen LogP contribution < -0.4 is 10.6 Å². The molecule has 0 spiro atoms. The first-order valence-corrected chi connectivity index (χ1v) is 7.35. The molecule has 0 saturated carbocycles. The topological polar surface area (TPSA) is 58.2 Å². The van der Waals surface area contributed by atoms with Gasteiger partial charge in [-0.1, -0.05) is 34.1 Å². The van der Waals surface area contributed by atoms with Gasteiger partial charge in [0, 0.05) is 11.4 Å². The van der Waals surface area contributed by atoms with Crippen molar-refractivity contribution in [3.63, 3.8) is 0 Å². The quantitative estimate of drug-likeness (QED) is 0.868. The smallest absolute Gasteiger partial charge is 0.228 e. The fourth-order valence-corrected chi connectivity index (χ4v) is 2.35. The Morgan fingerprint density at radius 1 is 1.09 bits per heavy atom. The van der Waals surface area contributed by atoms with Crippen LogP contribution in [0.3, 0.4) is 0 Å². The highest BCUT2D eigenvalue weighted by molar-refractivity contribution is 9.10. The molecule has 0 saturated heterocycles. The number of nitrogens with one attached hydrogen (secondary N) is 2. The molecule has 2 N–H and O–H groups in total. The summed E-state index contributed by atoms with van der Waals surface area (Å²) in [4.78, 5) is 23.3. The predicted molar refractivity (Wildman–Crippen MR) is 87.2 cm³/mol. The van der Waals surface area contributed by atoms with E-state index in [4.69, 9.17) is 0 Å². The van der Waals surface area contributed by atoms with Crippen molar-refractivity contribution in [1.29, 1.82) is 0 Å². The largest absolute Gasteiger partial charge is 0.325 e. The Balaban J connectivity index is 2.16. The van der Waals surface area contributed by atoms with Crippen molar-refractivity contribution in [3.05, 3.63) is 58.3 Å². The van der Waals surface area contributed by atoms with Gasteiger partial charge in [-0.25, -0.2) is 4.39 Å². The highest BCUT2D eigenvalue weighted by atomic mass is 79.9. The molecule has 2 aromatic rings. The summed E-state index contributed by atoms with van der Waals surface area (Å²) in [5.41, 5.74) is 1.40. The average Bonchev–Trinajstić information content (AvgIpc) is 2.44. The fourth-order valence-electron chi connectivity index (χ4n) is 1.93. The zero-order valence-electron chi connectivity index (χ0n) is 11.8. The van der Waals surface area contributed by atoms with Crippen molar-refractivity contribution >= 4 is 39.1 Å². The Labute approximate surface area is 135 Å². The summed E-state index contributed by atoms with van der Waals surface area (Å²) in [5.74, 6) is -1.10. The summed E-state index contributed by atoms with van der Waals surface area (Å²) in [7, 11) is 0. The summed E-state index contributed by atoms with van der Waals surface area (Å²) < 4.78 is 14.2. The molecule has 0 aromatic heterocycles. The minimum atomic E-state index is -0.495. The average molecular weight is 365 g/mol. The summed E-state index contributed by atoms with van der Waals surface area (Å²) in [6.07, 6.45) is 0.136. The Hall–Kier alpha value is -2.21. The van der Waals surface area contributed by atoms with Crippen LogP contribution in [0.4, 0.5) is 15.8 Å². The zero-order chi connectivity index (χ0) is 16.1. The Morgan fingerprint density at radius 2 is 1.82 bits per heavy atom. The number of carbonyl (C=O) groups excluding carboxylic acids is 2. The lowest BCUT2D eigenvalue weighted by atomic mass is 10.1. The van der Waals surface area contributed by atoms with E-state index < -0.39 is 5.82 Å². The van der Waals surface area contributed by atoms with Gasteiger partial charge >= 0.3 is 0 Å². The van der Waals surface area contributed by atoms with E-state index in [0.29, 0.717) is 5.69 Å². The summed E-state index contributed by atoms with van der Waals surface area (Å²) >= 11 is 3.37. The number of rotatable bonds is 4. The third-order valence-corrected chi connectivity index (χ3v) is 3.65. The van der Waals surface area contributed by atoms with Crippen molar-refractivity contribution in [3.8, 4) is 0 Å². The van der Waals surface area contributed by atoms with Gasteiger partial charge in [-0.15, -0.1) is 0 Å². The summed E-state index contributed by atoms with van der Waals surface area (Å²) in [6.45, 7) is 1.34. The molecule has 2 amide bonds. The van der Waals surface area contributed by atoms with Crippen LogP contribution >= 0.6 is 15.9 Å². The lowest BCUT2D eigenvalue weighted by molar-refractivity contribution is -0.116. The van der Waals surface area contributed by atoms with Crippen LogP contribution in [0, 0.1) is 5.82 Å². The molecule has 4 nitrogen and oxygen atoms in total. The maximum absolute atomic E-state index is 13.4. The van der Waals surface area contributed by atoms with Gasteiger partial charge in [-0.05, 0) is 29.8 Å². The van der Waals surface area contributed by atoms with E-state index in [1.54, 1.807) is 0 Å². The molecule has 0 radical (unpaired) electrons. The van der Waals surface area contributed by atoms with Crippen LogP contribution in [0.15, 0.2) is 46.9 Å². The van der Waals surface area contributed by atoms with E-state index in [9.17, 15) is 14.0 Å². The first kappa shape index (κ1) is 16.2. The molecule has 0 aliphatic heterocycles. The van der Waals surface area contributed by atoms with Crippen molar-refractivity contribution < 1.29 is 14.0 Å². The Morgan fingerprint density at radius 3 is 2.50 bits per heavy atom. The first-order valence-electron chi connectivity index (χ1n) is 6.56. The molecule has 0 aliphatic carbocycles. The molecule has 2 rings (SSSR count). The van der Waals surface area contributed by atoms with Gasteiger partial charge in [0.15, 0.2) is 0 Å². The second kappa shape index (κ2) is 7.17. The molecule has 0 aliphatic rings. The highest BCUT2D eigenvalue weighted by Crippen LogP contribution is 2.23. The number of carbonyl (C=O) groups is 2. The van der Waals surface area contributed by atoms with Crippen LogP contribution in [-0.2, 0) is 16.0 Å². The molecule has 0 atom stereocenters. The summed E-state index contributed by atoms with van der Waals surface area (Å²) in [5, 5.41) is 5.17. The van der Waals surface area contributed by atoms with Crippen molar-refractivity contribution in [2.24, 2.45) is 0 Å². The number of halogens is 2. The molecule has 6 heteroatoms. The van der Waals surface area contributed by atoms with E-state index in [1.165, 1.54) is 25.1 Å². The molecular formula is C16H14BrFN2O2. The van der Waals surface area contributed by atoms with Crippen LogP contribution in [0.5, 0.6) is 0 Å². The normalized spacial score (nSPS) is 10.1. The number of anilines is 2. The maximum Gasteiger partial charge on any atom is 0.228 e. The third-order valence-electron chi connectivity index (χ3n) is 2.88. The van der Waals surface area contributed by atoms with Gasteiger partial charge in [-0.3, -0.25) is 9.59 Å². The minimum absolute atomic E-state index is 0.136. The molecule has 22 heavy (non-hydrogen) atoms. The molecule has 2 aromatic carbocycles. The van der Waals surface area contributed by atoms with Gasteiger partial charge in [0.05, 0.1) is 17.8 Å². The van der Waals surface area contributed by atoms with Crippen LogP contribution in [0.25, 0.3) is 0 Å². The third kappa shape index (κ3) is 4.39. The zero-order valence-corrected chi connectivity index (χ0v) is 13.4. The van der Waals surface area contributed by atoms with Gasteiger partial charge in [0.1, 0.15) is 5.82 Å². The Kier molecular flexibility index (Phi) is 5.27.